The molecule has 0 amide bonds. The van der Waals surface area contributed by atoms with Gasteiger partial charge in [-0.25, -0.2) is 4.79 Å². The summed E-state index contributed by atoms with van der Waals surface area (Å²) in [6.07, 6.45) is -0.599. The van der Waals surface area contributed by atoms with Gasteiger partial charge in [-0.05, 0) is 57.5 Å². The Hall–Kier alpha value is -3.95. The van der Waals surface area contributed by atoms with Gasteiger partial charge in [0.2, 0.25) is 0 Å². The van der Waals surface area contributed by atoms with Crippen LogP contribution in [0.15, 0.2) is 82.7 Å². The molecule has 0 fully saturated rings. The first kappa shape index (κ1) is 29.0. The van der Waals surface area contributed by atoms with Crippen molar-refractivity contribution in [2.75, 3.05) is 13.2 Å². The summed E-state index contributed by atoms with van der Waals surface area (Å²) >= 11 is 1.19. The SMILES string of the molecule is CCOC(Cc1ccc(OCCn2c(=O)sc3cc(C(=NOC(C)(C)C)c4ccccc4)ccc32)cc1)C(=O)O. The Morgan fingerprint density at radius 1 is 1.02 bits per heavy atom. The predicted octanol–water partition coefficient (Wildman–Crippen LogP) is 5.74. The smallest absolute Gasteiger partial charge is 0.333 e. The average Bonchev–Trinajstić information content (AvgIpc) is 3.23. The van der Waals surface area contributed by atoms with E-state index in [0.29, 0.717) is 31.2 Å². The molecule has 1 N–H and O–H groups in total. The number of oxime groups is 1. The van der Waals surface area contributed by atoms with Crippen molar-refractivity contribution in [3.05, 3.63) is 99.2 Å². The predicted molar refractivity (Wildman–Crippen MR) is 158 cm³/mol. The zero-order valence-electron chi connectivity index (χ0n) is 23.1. The molecular weight excluding hydrogens is 528 g/mol. The number of benzene rings is 3. The van der Waals surface area contributed by atoms with E-state index in [1.165, 1.54) is 11.3 Å². The second-order valence-electron chi connectivity index (χ2n) is 10.2. The summed E-state index contributed by atoms with van der Waals surface area (Å²) in [6.45, 7) is 8.64. The molecule has 0 bridgehead atoms. The van der Waals surface area contributed by atoms with Crippen LogP contribution in [0.25, 0.3) is 10.2 Å². The molecular formula is C31H34N2O6S. The molecule has 0 aliphatic heterocycles. The number of carboxylic acid groups (broad SMARTS) is 1. The van der Waals surface area contributed by atoms with Gasteiger partial charge in [0.15, 0.2) is 6.10 Å². The minimum Gasteiger partial charge on any atom is -0.492 e. The highest BCUT2D eigenvalue weighted by Crippen LogP contribution is 2.23. The van der Waals surface area contributed by atoms with Crippen LogP contribution in [0.1, 0.15) is 44.4 Å². The topological polar surface area (TPSA) is 99.4 Å². The Kier molecular flexibility index (Phi) is 9.39. The van der Waals surface area contributed by atoms with Crippen molar-refractivity contribution < 1.29 is 24.2 Å². The third kappa shape index (κ3) is 7.58. The molecule has 0 aliphatic rings. The van der Waals surface area contributed by atoms with Crippen LogP contribution in [0.2, 0.25) is 0 Å². The van der Waals surface area contributed by atoms with Gasteiger partial charge in [-0.2, -0.15) is 0 Å². The van der Waals surface area contributed by atoms with Crippen molar-refractivity contribution >= 4 is 33.2 Å². The lowest BCUT2D eigenvalue weighted by Crippen LogP contribution is -2.26. The van der Waals surface area contributed by atoms with E-state index in [4.69, 9.17) is 14.3 Å². The van der Waals surface area contributed by atoms with E-state index < -0.39 is 17.7 Å². The first-order chi connectivity index (χ1) is 19.1. The molecule has 0 saturated carbocycles. The van der Waals surface area contributed by atoms with E-state index in [9.17, 15) is 14.7 Å². The van der Waals surface area contributed by atoms with Crippen LogP contribution in [0, 0.1) is 0 Å². The van der Waals surface area contributed by atoms with Gasteiger partial charge >= 0.3 is 10.8 Å². The van der Waals surface area contributed by atoms with Crippen molar-refractivity contribution in [1.82, 2.24) is 4.57 Å². The minimum atomic E-state index is -0.982. The molecule has 1 aromatic heterocycles. The minimum absolute atomic E-state index is 0.0640. The standard InChI is InChI=1S/C31H34N2O6S/c1-5-37-26(29(34)35)19-21-11-14-24(15-12-21)38-18-17-33-25-16-13-23(20-27(25)40-30(33)36)28(32-39-31(2,3)4)22-9-7-6-8-10-22/h6-16,20,26H,5,17-19H2,1-4H3,(H,34,35). The summed E-state index contributed by atoms with van der Waals surface area (Å²) in [5, 5.41) is 13.8. The second-order valence-corrected chi connectivity index (χ2v) is 11.2. The zero-order chi connectivity index (χ0) is 28.7. The molecule has 9 heteroatoms. The molecule has 0 radical (unpaired) electrons. The number of fused-ring (bicyclic) bond motifs is 1. The number of rotatable bonds is 12. The third-order valence-corrected chi connectivity index (χ3v) is 6.91. The molecule has 1 heterocycles. The fourth-order valence-corrected chi connectivity index (χ4v) is 5.04. The van der Waals surface area contributed by atoms with Crippen LogP contribution >= 0.6 is 11.3 Å². The normalized spacial score (nSPS) is 12.8. The lowest BCUT2D eigenvalue weighted by molar-refractivity contribution is -0.149. The van der Waals surface area contributed by atoms with E-state index in [-0.39, 0.29) is 11.3 Å². The average molecular weight is 563 g/mol. The molecule has 8 nitrogen and oxygen atoms in total. The third-order valence-electron chi connectivity index (χ3n) is 5.97. The maximum absolute atomic E-state index is 12.9. The number of nitrogens with zero attached hydrogens (tertiary/aromatic N) is 2. The maximum atomic E-state index is 12.9. The van der Waals surface area contributed by atoms with Crippen LogP contribution in [-0.2, 0) is 27.3 Å². The lowest BCUT2D eigenvalue weighted by atomic mass is 10.0. The van der Waals surface area contributed by atoms with Gasteiger partial charge in [0.25, 0.3) is 0 Å². The summed E-state index contributed by atoms with van der Waals surface area (Å²) in [4.78, 5) is 29.9. The number of hydrogen-bond acceptors (Lipinski definition) is 7. The highest BCUT2D eigenvalue weighted by molar-refractivity contribution is 7.16. The van der Waals surface area contributed by atoms with Crippen molar-refractivity contribution in [2.45, 2.75) is 52.4 Å². The fourth-order valence-electron chi connectivity index (χ4n) is 4.09. The van der Waals surface area contributed by atoms with Crippen LogP contribution < -0.4 is 9.61 Å². The molecule has 4 rings (SSSR count). The van der Waals surface area contributed by atoms with Crippen LogP contribution in [0.5, 0.6) is 5.75 Å². The molecule has 0 aliphatic carbocycles. The summed E-state index contributed by atoms with van der Waals surface area (Å²) in [6, 6.07) is 22.9. The Bertz CT molecular complexity index is 1520. The van der Waals surface area contributed by atoms with Crippen molar-refractivity contribution in [3.8, 4) is 5.75 Å². The van der Waals surface area contributed by atoms with Crippen LogP contribution in [0.3, 0.4) is 0 Å². The van der Waals surface area contributed by atoms with Gasteiger partial charge in [-0.15, -0.1) is 0 Å². The summed E-state index contributed by atoms with van der Waals surface area (Å²) < 4.78 is 13.7. The number of aromatic nitrogens is 1. The molecule has 1 unspecified atom stereocenters. The van der Waals surface area contributed by atoms with E-state index in [1.54, 1.807) is 23.6 Å². The number of ether oxygens (including phenoxy) is 2. The quantitative estimate of drug-likeness (QED) is 0.175. The van der Waals surface area contributed by atoms with Crippen LogP contribution in [0.4, 0.5) is 0 Å². The Morgan fingerprint density at radius 3 is 2.40 bits per heavy atom. The van der Waals surface area contributed by atoms with Gasteiger partial charge in [0, 0.05) is 24.2 Å². The van der Waals surface area contributed by atoms with Gasteiger partial charge in [0.1, 0.15) is 23.7 Å². The Balaban J connectivity index is 1.47. The molecule has 210 valence electrons. The number of thiazole rings is 1. The Morgan fingerprint density at radius 2 is 1.75 bits per heavy atom. The molecule has 0 saturated heterocycles. The zero-order valence-corrected chi connectivity index (χ0v) is 23.9. The number of aliphatic carboxylic acids is 1. The first-order valence-corrected chi connectivity index (χ1v) is 14.0. The molecule has 40 heavy (non-hydrogen) atoms. The van der Waals surface area contributed by atoms with Crippen molar-refractivity contribution in [1.29, 1.82) is 0 Å². The van der Waals surface area contributed by atoms with E-state index in [2.05, 4.69) is 5.16 Å². The van der Waals surface area contributed by atoms with Crippen molar-refractivity contribution in [2.24, 2.45) is 5.16 Å². The lowest BCUT2D eigenvalue weighted by Gasteiger charge is -2.17. The number of hydrogen-bond donors (Lipinski definition) is 1. The van der Waals surface area contributed by atoms with E-state index in [0.717, 1.165) is 26.9 Å². The summed E-state index contributed by atoms with van der Waals surface area (Å²) in [7, 11) is 0. The molecule has 1 atom stereocenters. The van der Waals surface area contributed by atoms with Gasteiger partial charge in [0.05, 0.1) is 16.8 Å². The molecule has 4 aromatic rings. The maximum Gasteiger partial charge on any atom is 0.333 e. The monoisotopic (exact) mass is 562 g/mol. The molecule has 0 spiro atoms. The fraction of sp³-hybridized carbons (Fsp3) is 0.323. The summed E-state index contributed by atoms with van der Waals surface area (Å²) in [5.41, 5.74) is 3.72. The first-order valence-electron chi connectivity index (χ1n) is 13.2. The van der Waals surface area contributed by atoms with E-state index >= 15 is 0 Å². The number of carbonyl (C=O) groups is 1. The van der Waals surface area contributed by atoms with Crippen LogP contribution in [-0.4, -0.2) is 46.3 Å². The second kappa shape index (κ2) is 12.9. The number of carboxylic acids is 1. The van der Waals surface area contributed by atoms with Gasteiger partial charge in [-0.1, -0.05) is 65.0 Å². The van der Waals surface area contributed by atoms with Crippen molar-refractivity contribution in [3.63, 3.8) is 0 Å². The highest BCUT2D eigenvalue weighted by Gasteiger charge is 2.18. The largest absolute Gasteiger partial charge is 0.492 e. The summed E-state index contributed by atoms with van der Waals surface area (Å²) in [5.74, 6) is -0.339. The molecule has 3 aromatic carbocycles. The Labute approximate surface area is 237 Å². The van der Waals surface area contributed by atoms with Gasteiger partial charge in [-0.3, -0.25) is 9.36 Å². The van der Waals surface area contributed by atoms with Gasteiger partial charge < -0.3 is 19.4 Å². The highest BCUT2D eigenvalue weighted by atomic mass is 32.1. The van der Waals surface area contributed by atoms with E-state index in [1.807, 2.05) is 81.4 Å².